The summed E-state index contributed by atoms with van der Waals surface area (Å²) in [6, 6.07) is 12.9. The van der Waals surface area contributed by atoms with E-state index in [2.05, 4.69) is 15.0 Å². The van der Waals surface area contributed by atoms with Crippen LogP contribution >= 0.6 is 0 Å². The summed E-state index contributed by atoms with van der Waals surface area (Å²) in [7, 11) is 3.42. The number of para-hydroxylation sites is 1. The van der Waals surface area contributed by atoms with Gasteiger partial charge in [-0.05, 0) is 24.3 Å². The number of hydrogen-bond donors (Lipinski definition) is 1. The third-order valence-electron chi connectivity index (χ3n) is 3.05. The molecule has 1 N–H and O–H groups in total. The molecule has 21 heavy (non-hydrogen) atoms. The lowest BCUT2D eigenvalue weighted by atomic mass is 10.3. The minimum Gasteiger partial charge on any atom is -0.330 e. The van der Waals surface area contributed by atoms with Crippen molar-refractivity contribution in [2.45, 2.75) is 0 Å². The van der Waals surface area contributed by atoms with Gasteiger partial charge in [0.2, 0.25) is 5.95 Å². The highest BCUT2D eigenvalue weighted by Crippen LogP contribution is 2.25. The molecule has 0 aliphatic rings. The second-order valence-electron chi connectivity index (χ2n) is 4.78. The van der Waals surface area contributed by atoms with E-state index in [1.807, 2.05) is 42.5 Å². The molecule has 2 aromatic heterocycles. The average Bonchev–Trinajstić information content (AvgIpc) is 2.91. The second kappa shape index (κ2) is 5.24. The van der Waals surface area contributed by atoms with Gasteiger partial charge < -0.3 is 9.88 Å². The molecule has 106 valence electrons. The molecule has 0 aliphatic carbocycles. The number of fused-ring (bicyclic) bond motifs is 1. The van der Waals surface area contributed by atoms with Crippen molar-refractivity contribution in [3.63, 3.8) is 0 Å². The molecular formula is C15H15N5O. The van der Waals surface area contributed by atoms with Crippen LogP contribution in [0.3, 0.4) is 0 Å². The number of imidazole rings is 1. The fourth-order valence-electron chi connectivity index (χ4n) is 2.04. The maximum Gasteiger partial charge on any atom is 0.330 e. The van der Waals surface area contributed by atoms with E-state index in [0.29, 0.717) is 11.6 Å². The molecular weight excluding hydrogens is 266 g/mol. The zero-order valence-corrected chi connectivity index (χ0v) is 11.8. The Morgan fingerprint density at radius 3 is 2.52 bits per heavy atom. The number of nitrogens with zero attached hydrogens (tertiary/aromatic N) is 4. The van der Waals surface area contributed by atoms with E-state index in [0.717, 1.165) is 11.2 Å². The number of nitrogens with one attached hydrogen (secondary N) is 1. The molecule has 3 rings (SSSR count). The van der Waals surface area contributed by atoms with Crippen LogP contribution in [0.15, 0.2) is 48.7 Å². The SMILES string of the molecule is CN(C)C(=O)N(c1ccccc1)c1nc2ncccc2[nH]1. The molecule has 1 aromatic carbocycles. The molecule has 6 nitrogen and oxygen atoms in total. The number of aromatic amines is 1. The van der Waals surface area contributed by atoms with Gasteiger partial charge >= 0.3 is 6.03 Å². The largest absolute Gasteiger partial charge is 0.330 e. The van der Waals surface area contributed by atoms with Crippen molar-refractivity contribution in [1.29, 1.82) is 0 Å². The van der Waals surface area contributed by atoms with Crippen LogP contribution in [0.5, 0.6) is 0 Å². The average molecular weight is 281 g/mol. The van der Waals surface area contributed by atoms with Gasteiger partial charge in [0.1, 0.15) is 0 Å². The van der Waals surface area contributed by atoms with Crippen molar-refractivity contribution >= 4 is 28.8 Å². The Bertz CT molecular complexity index is 733. The first kappa shape index (κ1) is 13.1. The Morgan fingerprint density at radius 1 is 1.10 bits per heavy atom. The van der Waals surface area contributed by atoms with Crippen LogP contribution in [-0.4, -0.2) is 40.0 Å². The van der Waals surface area contributed by atoms with Gasteiger partial charge in [-0.15, -0.1) is 0 Å². The van der Waals surface area contributed by atoms with E-state index < -0.39 is 0 Å². The van der Waals surface area contributed by atoms with Gasteiger partial charge in [0.05, 0.1) is 11.2 Å². The van der Waals surface area contributed by atoms with E-state index in [1.54, 1.807) is 20.3 Å². The van der Waals surface area contributed by atoms with Gasteiger partial charge in [-0.1, -0.05) is 18.2 Å². The number of H-pyrrole nitrogens is 1. The van der Waals surface area contributed by atoms with E-state index in [-0.39, 0.29) is 6.03 Å². The zero-order chi connectivity index (χ0) is 14.8. The summed E-state index contributed by atoms with van der Waals surface area (Å²) in [5.41, 5.74) is 2.12. The van der Waals surface area contributed by atoms with Crippen molar-refractivity contribution in [1.82, 2.24) is 19.9 Å². The molecule has 0 atom stereocenters. The molecule has 6 heteroatoms. The number of aromatic nitrogens is 3. The molecule has 0 spiro atoms. The molecule has 0 saturated heterocycles. The van der Waals surface area contributed by atoms with Crippen LogP contribution in [0.4, 0.5) is 16.4 Å². The molecule has 3 aromatic rings. The number of rotatable bonds is 2. The Hall–Kier alpha value is -2.89. The maximum atomic E-state index is 12.5. The molecule has 0 saturated carbocycles. The first-order valence-corrected chi connectivity index (χ1v) is 6.54. The summed E-state index contributed by atoms with van der Waals surface area (Å²) >= 11 is 0. The van der Waals surface area contributed by atoms with E-state index in [9.17, 15) is 4.79 Å². The number of amides is 2. The molecule has 0 fully saturated rings. The van der Waals surface area contributed by atoms with Gasteiger partial charge in [0.15, 0.2) is 5.65 Å². The standard InChI is InChI=1S/C15H15N5O/c1-19(2)15(21)20(11-7-4-3-5-8-11)14-17-12-9-6-10-16-13(12)18-14/h3-10H,1-2H3,(H,16,17,18). The number of anilines is 2. The maximum absolute atomic E-state index is 12.5. The molecule has 0 aliphatic heterocycles. The van der Waals surface area contributed by atoms with Crippen LogP contribution in [0, 0.1) is 0 Å². The van der Waals surface area contributed by atoms with Gasteiger partial charge in [0, 0.05) is 20.3 Å². The van der Waals surface area contributed by atoms with Crippen LogP contribution < -0.4 is 4.90 Å². The van der Waals surface area contributed by atoms with Crippen molar-refractivity contribution < 1.29 is 4.79 Å². The molecule has 0 bridgehead atoms. The van der Waals surface area contributed by atoms with Gasteiger partial charge in [0.25, 0.3) is 0 Å². The summed E-state index contributed by atoms with van der Waals surface area (Å²) in [5.74, 6) is 0.452. The summed E-state index contributed by atoms with van der Waals surface area (Å²) in [4.78, 5) is 27.3. The number of pyridine rings is 1. The number of urea groups is 1. The monoisotopic (exact) mass is 281 g/mol. The van der Waals surface area contributed by atoms with Gasteiger partial charge in [-0.25, -0.2) is 14.7 Å². The fraction of sp³-hybridized carbons (Fsp3) is 0.133. The zero-order valence-electron chi connectivity index (χ0n) is 11.8. The van der Waals surface area contributed by atoms with Gasteiger partial charge in [-0.3, -0.25) is 0 Å². The molecule has 0 radical (unpaired) electrons. The van der Waals surface area contributed by atoms with Crippen LogP contribution in [0.1, 0.15) is 0 Å². The fourth-order valence-corrected chi connectivity index (χ4v) is 2.04. The lowest BCUT2D eigenvalue weighted by molar-refractivity contribution is 0.226. The minimum absolute atomic E-state index is 0.180. The number of carbonyl (C=O) groups excluding carboxylic acids is 1. The van der Waals surface area contributed by atoms with E-state index >= 15 is 0 Å². The summed E-state index contributed by atoms with van der Waals surface area (Å²) < 4.78 is 0. The first-order valence-electron chi connectivity index (χ1n) is 6.54. The highest BCUT2D eigenvalue weighted by molar-refractivity contribution is 5.98. The molecule has 2 amide bonds. The summed E-state index contributed by atoms with van der Waals surface area (Å²) in [6.07, 6.45) is 1.67. The van der Waals surface area contributed by atoms with Crippen molar-refractivity contribution in [2.24, 2.45) is 0 Å². The first-order chi connectivity index (χ1) is 10.2. The topological polar surface area (TPSA) is 65.1 Å². The van der Waals surface area contributed by atoms with Gasteiger partial charge in [-0.2, -0.15) is 4.98 Å². The smallest absolute Gasteiger partial charge is 0.330 e. The quantitative estimate of drug-likeness (QED) is 0.785. The Kier molecular flexibility index (Phi) is 3.27. The number of carbonyl (C=O) groups is 1. The highest BCUT2D eigenvalue weighted by Gasteiger charge is 2.22. The summed E-state index contributed by atoms with van der Waals surface area (Å²) in [5, 5.41) is 0. The van der Waals surface area contributed by atoms with E-state index in [1.165, 1.54) is 9.80 Å². The van der Waals surface area contributed by atoms with Crippen molar-refractivity contribution in [3.8, 4) is 0 Å². The van der Waals surface area contributed by atoms with Crippen molar-refractivity contribution in [3.05, 3.63) is 48.7 Å². The van der Waals surface area contributed by atoms with Crippen LogP contribution in [-0.2, 0) is 0 Å². The highest BCUT2D eigenvalue weighted by atomic mass is 16.2. The minimum atomic E-state index is -0.180. The van der Waals surface area contributed by atoms with Crippen LogP contribution in [0.2, 0.25) is 0 Å². The lowest BCUT2D eigenvalue weighted by Gasteiger charge is -2.23. The predicted octanol–water partition coefficient (Wildman–Crippen LogP) is 2.78. The normalized spacial score (nSPS) is 10.6. The molecule has 2 heterocycles. The summed E-state index contributed by atoms with van der Waals surface area (Å²) in [6.45, 7) is 0. The number of hydrogen-bond acceptors (Lipinski definition) is 3. The Labute approximate surface area is 122 Å². The third kappa shape index (κ3) is 2.43. The Morgan fingerprint density at radius 2 is 1.86 bits per heavy atom. The Balaban J connectivity index is 2.12. The molecule has 0 unspecified atom stereocenters. The second-order valence-corrected chi connectivity index (χ2v) is 4.78. The predicted molar refractivity (Wildman–Crippen MR) is 81.6 cm³/mol. The van der Waals surface area contributed by atoms with Crippen LogP contribution in [0.25, 0.3) is 11.2 Å². The lowest BCUT2D eigenvalue weighted by Crippen LogP contribution is -2.36. The van der Waals surface area contributed by atoms with Crippen molar-refractivity contribution in [2.75, 3.05) is 19.0 Å². The third-order valence-corrected chi connectivity index (χ3v) is 3.05. The van der Waals surface area contributed by atoms with E-state index in [4.69, 9.17) is 0 Å². The number of benzene rings is 1.